The molecule has 0 amide bonds. The van der Waals surface area contributed by atoms with Gasteiger partial charge in [-0.1, -0.05) is 0 Å². The van der Waals surface area contributed by atoms with Crippen molar-refractivity contribution >= 4 is 11.7 Å². The molecular formula is C11H15NO4. The van der Waals surface area contributed by atoms with E-state index in [1.807, 2.05) is 19.2 Å². The first-order valence-corrected chi connectivity index (χ1v) is 4.84. The van der Waals surface area contributed by atoms with Crippen molar-refractivity contribution < 1.29 is 19.4 Å². The predicted molar refractivity (Wildman–Crippen MR) is 59.5 cm³/mol. The Morgan fingerprint density at radius 1 is 1.44 bits per heavy atom. The van der Waals surface area contributed by atoms with Crippen molar-refractivity contribution in [3.05, 3.63) is 24.3 Å². The molecule has 2 N–H and O–H groups in total. The summed E-state index contributed by atoms with van der Waals surface area (Å²) in [5, 5.41) is 12.2. The van der Waals surface area contributed by atoms with Crippen molar-refractivity contribution in [2.75, 3.05) is 26.1 Å². The normalized spacial score (nSPS) is 11.7. The first-order chi connectivity index (χ1) is 7.67. The highest BCUT2D eigenvalue weighted by Gasteiger charge is 2.15. The van der Waals surface area contributed by atoms with E-state index in [1.165, 1.54) is 7.11 Å². The van der Waals surface area contributed by atoms with Gasteiger partial charge in [-0.05, 0) is 24.3 Å². The monoisotopic (exact) mass is 225 g/mol. The molecule has 0 bridgehead atoms. The van der Waals surface area contributed by atoms with Crippen LogP contribution in [-0.4, -0.2) is 37.9 Å². The molecule has 0 aliphatic carbocycles. The molecule has 1 unspecified atom stereocenters. The number of esters is 1. The molecule has 5 heteroatoms. The lowest BCUT2D eigenvalue weighted by atomic mass is 10.3. The highest BCUT2D eigenvalue weighted by atomic mass is 16.5. The highest BCUT2D eigenvalue weighted by Crippen LogP contribution is 2.15. The van der Waals surface area contributed by atoms with Crippen molar-refractivity contribution in [2.24, 2.45) is 0 Å². The molecule has 0 heterocycles. The van der Waals surface area contributed by atoms with Crippen LogP contribution in [0.4, 0.5) is 5.69 Å². The van der Waals surface area contributed by atoms with Crippen LogP contribution in [0.2, 0.25) is 0 Å². The molecule has 0 fully saturated rings. The number of aliphatic hydroxyl groups is 1. The Kier molecular flexibility index (Phi) is 4.60. The molecule has 0 saturated carbocycles. The molecule has 0 aliphatic rings. The van der Waals surface area contributed by atoms with Crippen LogP contribution in [0, 0.1) is 0 Å². The van der Waals surface area contributed by atoms with Crippen molar-refractivity contribution in [2.45, 2.75) is 6.10 Å². The topological polar surface area (TPSA) is 67.8 Å². The third-order valence-electron chi connectivity index (χ3n) is 2.02. The second kappa shape index (κ2) is 5.97. The van der Waals surface area contributed by atoms with Gasteiger partial charge in [0.15, 0.2) is 6.10 Å². The van der Waals surface area contributed by atoms with Gasteiger partial charge in [-0.15, -0.1) is 0 Å². The fourth-order valence-electron chi connectivity index (χ4n) is 1.10. The molecule has 88 valence electrons. The number of hydrogen-bond donors (Lipinski definition) is 2. The average molecular weight is 225 g/mol. The zero-order chi connectivity index (χ0) is 12.0. The largest absolute Gasteiger partial charge is 0.490 e. The van der Waals surface area contributed by atoms with Gasteiger partial charge >= 0.3 is 5.97 Å². The number of carbonyl (C=O) groups is 1. The van der Waals surface area contributed by atoms with Crippen molar-refractivity contribution in [1.82, 2.24) is 0 Å². The number of methoxy groups -OCH3 is 1. The van der Waals surface area contributed by atoms with Crippen molar-refractivity contribution in [1.29, 1.82) is 0 Å². The smallest absolute Gasteiger partial charge is 0.338 e. The number of hydrogen-bond acceptors (Lipinski definition) is 5. The maximum absolute atomic E-state index is 10.9. The third kappa shape index (κ3) is 3.43. The standard InChI is InChI=1S/C11H15NO4/c1-12-8-3-5-9(6-4-8)16-7-10(13)11(14)15-2/h3-6,10,12-13H,7H2,1-2H3. The third-order valence-corrected chi connectivity index (χ3v) is 2.02. The summed E-state index contributed by atoms with van der Waals surface area (Å²) < 4.78 is 9.57. The maximum Gasteiger partial charge on any atom is 0.338 e. The lowest BCUT2D eigenvalue weighted by molar-refractivity contribution is -0.151. The minimum Gasteiger partial charge on any atom is -0.490 e. The molecule has 0 aromatic heterocycles. The summed E-state index contributed by atoms with van der Waals surface area (Å²) in [5.41, 5.74) is 0.959. The summed E-state index contributed by atoms with van der Waals surface area (Å²) in [6.07, 6.45) is -1.26. The molecule has 1 rings (SSSR count). The number of anilines is 1. The van der Waals surface area contributed by atoms with E-state index in [4.69, 9.17) is 4.74 Å². The Labute approximate surface area is 94.0 Å². The Morgan fingerprint density at radius 3 is 2.56 bits per heavy atom. The maximum atomic E-state index is 10.9. The van der Waals surface area contributed by atoms with Gasteiger partial charge in [-0.3, -0.25) is 0 Å². The van der Waals surface area contributed by atoms with E-state index >= 15 is 0 Å². The summed E-state index contributed by atoms with van der Waals surface area (Å²) in [6.45, 7) is -0.119. The molecule has 1 aromatic carbocycles. The predicted octanol–water partition coefficient (Wildman–Crippen LogP) is 0.641. The van der Waals surface area contributed by atoms with Crippen molar-refractivity contribution in [3.63, 3.8) is 0 Å². The first kappa shape index (κ1) is 12.3. The Bertz CT molecular complexity index is 336. The van der Waals surface area contributed by atoms with Crippen LogP contribution in [0.3, 0.4) is 0 Å². The molecule has 1 aromatic rings. The summed E-state index contributed by atoms with van der Waals surface area (Å²) in [4.78, 5) is 10.9. The molecule has 0 aliphatic heterocycles. The minimum atomic E-state index is -1.26. The van der Waals surface area contributed by atoms with Crippen molar-refractivity contribution in [3.8, 4) is 5.75 Å². The highest BCUT2D eigenvalue weighted by molar-refractivity contribution is 5.74. The fourth-order valence-corrected chi connectivity index (χ4v) is 1.10. The van der Waals surface area contributed by atoms with Gasteiger partial charge in [0, 0.05) is 12.7 Å². The summed E-state index contributed by atoms with van der Waals surface area (Å²) in [5.74, 6) is -0.117. The number of nitrogens with one attached hydrogen (secondary N) is 1. The van der Waals surface area contributed by atoms with E-state index in [9.17, 15) is 9.90 Å². The Hall–Kier alpha value is -1.75. The number of benzene rings is 1. The molecule has 0 saturated heterocycles. The summed E-state index contributed by atoms with van der Waals surface area (Å²) >= 11 is 0. The minimum absolute atomic E-state index is 0.119. The molecule has 1 atom stereocenters. The van der Waals surface area contributed by atoms with Gasteiger partial charge in [0.2, 0.25) is 0 Å². The van der Waals surface area contributed by atoms with Crippen LogP contribution < -0.4 is 10.1 Å². The van der Waals surface area contributed by atoms with Crippen LogP contribution in [0.5, 0.6) is 5.75 Å². The van der Waals surface area contributed by atoms with Crippen LogP contribution in [-0.2, 0) is 9.53 Å². The molecule has 16 heavy (non-hydrogen) atoms. The van der Waals surface area contributed by atoms with E-state index < -0.39 is 12.1 Å². The van der Waals surface area contributed by atoms with E-state index in [0.717, 1.165) is 5.69 Å². The van der Waals surface area contributed by atoms with E-state index in [2.05, 4.69) is 10.1 Å². The number of aliphatic hydroxyl groups excluding tert-OH is 1. The fraction of sp³-hybridized carbons (Fsp3) is 0.364. The van der Waals surface area contributed by atoms with E-state index in [0.29, 0.717) is 5.75 Å². The Balaban J connectivity index is 2.45. The van der Waals surface area contributed by atoms with E-state index in [-0.39, 0.29) is 6.61 Å². The van der Waals surface area contributed by atoms with Crippen LogP contribution in [0.25, 0.3) is 0 Å². The SMILES string of the molecule is CNc1ccc(OCC(O)C(=O)OC)cc1. The van der Waals surface area contributed by atoms with Gasteiger partial charge < -0.3 is 19.9 Å². The van der Waals surface area contributed by atoms with Gasteiger partial charge in [0.25, 0.3) is 0 Å². The zero-order valence-electron chi connectivity index (χ0n) is 9.27. The lowest BCUT2D eigenvalue weighted by Crippen LogP contribution is -2.28. The molecule has 5 nitrogen and oxygen atoms in total. The second-order valence-corrected chi connectivity index (χ2v) is 3.12. The second-order valence-electron chi connectivity index (χ2n) is 3.12. The van der Waals surface area contributed by atoms with Crippen LogP contribution in [0.15, 0.2) is 24.3 Å². The number of ether oxygens (including phenoxy) is 2. The van der Waals surface area contributed by atoms with Crippen LogP contribution >= 0.6 is 0 Å². The quantitative estimate of drug-likeness (QED) is 0.720. The molecule has 0 radical (unpaired) electrons. The van der Waals surface area contributed by atoms with Crippen LogP contribution in [0.1, 0.15) is 0 Å². The van der Waals surface area contributed by atoms with E-state index in [1.54, 1.807) is 12.1 Å². The molecule has 0 spiro atoms. The van der Waals surface area contributed by atoms with Gasteiger partial charge in [-0.25, -0.2) is 4.79 Å². The van der Waals surface area contributed by atoms with Gasteiger partial charge in [0.05, 0.1) is 7.11 Å². The summed E-state index contributed by atoms with van der Waals surface area (Å²) in [7, 11) is 3.03. The number of carbonyl (C=O) groups excluding carboxylic acids is 1. The van der Waals surface area contributed by atoms with Gasteiger partial charge in [0.1, 0.15) is 12.4 Å². The Morgan fingerprint density at radius 2 is 2.06 bits per heavy atom. The lowest BCUT2D eigenvalue weighted by Gasteiger charge is -2.10. The first-order valence-electron chi connectivity index (χ1n) is 4.84. The zero-order valence-corrected chi connectivity index (χ0v) is 9.27. The van der Waals surface area contributed by atoms with Gasteiger partial charge in [-0.2, -0.15) is 0 Å². The number of rotatable bonds is 5. The molecular weight excluding hydrogens is 210 g/mol. The summed E-state index contributed by atoms with van der Waals surface area (Å²) in [6, 6.07) is 7.16. The average Bonchev–Trinajstić information content (AvgIpc) is 2.35.